The first kappa shape index (κ1) is 12.4. The van der Waals surface area contributed by atoms with E-state index < -0.39 is 0 Å². The Morgan fingerprint density at radius 3 is 2.38 bits per heavy atom. The van der Waals surface area contributed by atoms with E-state index in [9.17, 15) is 10.0 Å². The van der Waals surface area contributed by atoms with E-state index in [1.165, 1.54) is 0 Å². The van der Waals surface area contributed by atoms with Crippen molar-refractivity contribution in [2.45, 2.75) is 20.3 Å². The molecule has 0 aliphatic rings. The summed E-state index contributed by atoms with van der Waals surface area (Å²) in [5, 5.41) is 13.9. The van der Waals surface area contributed by atoms with Crippen molar-refractivity contribution >= 4 is 5.91 Å². The highest BCUT2D eigenvalue weighted by Crippen LogP contribution is 1.95. The van der Waals surface area contributed by atoms with Gasteiger partial charge in [0.15, 0.2) is 0 Å². The fourth-order valence-corrected chi connectivity index (χ4v) is 0.876. The highest BCUT2D eigenvalue weighted by atomic mass is 16.5. The molecule has 0 rings (SSSR count). The Bertz CT molecular complexity index is 161. The van der Waals surface area contributed by atoms with E-state index in [1.54, 1.807) is 14.1 Å². The zero-order valence-electron chi connectivity index (χ0n) is 8.96. The summed E-state index contributed by atoms with van der Waals surface area (Å²) in [5.74, 6) is 0.0750. The molecule has 0 spiro atoms. The molecule has 0 saturated heterocycles. The topological polar surface area (TPSA) is 52.2 Å². The maximum atomic E-state index is 11.1. The molecule has 0 fully saturated rings. The van der Waals surface area contributed by atoms with Crippen LogP contribution in [0.3, 0.4) is 0 Å². The van der Waals surface area contributed by atoms with Crippen LogP contribution < -0.4 is 5.32 Å². The summed E-state index contributed by atoms with van der Waals surface area (Å²) in [7, 11) is 3.20. The van der Waals surface area contributed by atoms with Gasteiger partial charge in [-0.25, -0.2) is 0 Å². The number of hydrogen-bond donors (Lipinski definition) is 1. The van der Waals surface area contributed by atoms with Crippen LogP contribution in [0.4, 0.5) is 0 Å². The van der Waals surface area contributed by atoms with E-state index in [0.29, 0.717) is 13.1 Å². The number of rotatable bonds is 5. The molecule has 0 saturated carbocycles. The summed E-state index contributed by atoms with van der Waals surface area (Å²) in [4.78, 5) is 11.1. The lowest BCUT2D eigenvalue weighted by molar-refractivity contribution is -0.840. The zero-order valence-corrected chi connectivity index (χ0v) is 8.96. The van der Waals surface area contributed by atoms with E-state index in [0.717, 1.165) is 6.42 Å². The van der Waals surface area contributed by atoms with Crippen molar-refractivity contribution in [3.8, 4) is 0 Å². The quantitative estimate of drug-likeness (QED) is 0.393. The van der Waals surface area contributed by atoms with Gasteiger partial charge >= 0.3 is 0 Å². The van der Waals surface area contributed by atoms with E-state index in [2.05, 4.69) is 5.32 Å². The molecule has 0 aliphatic heterocycles. The fourth-order valence-electron chi connectivity index (χ4n) is 0.876. The minimum atomic E-state index is -0.294. The molecule has 4 nitrogen and oxygen atoms in total. The molecular weight excluding hydrogens is 168 g/mol. The lowest BCUT2D eigenvalue weighted by Crippen LogP contribution is -2.36. The standard InChI is InChI=1S/C9H20N2O2/c1-8(2)9(12)10-6-5-7-11(3,4)13/h8H,5-7H2,1-4H3,(H,10,12). The molecule has 0 radical (unpaired) electrons. The molecule has 13 heavy (non-hydrogen) atoms. The van der Waals surface area contributed by atoms with Crippen LogP contribution in [-0.4, -0.2) is 37.7 Å². The molecule has 0 aliphatic carbocycles. The van der Waals surface area contributed by atoms with Crippen molar-refractivity contribution in [1.29, 1.82) is 0 Å². The third-order valence-corrected chi connectivity index (χ3v) is 1.70. The number of carbonyl (C=O) groups excluding carboxylic acids is 1. The van der Waals surface area contributed by atoms with Gasteiger partial charge in [0.05, 0.1) is 20.6 Å². The number of amides is 1. The molecule has 4 heteroatoms. The van der Waals surface area contributed by atoms with E-state index in [4.69, 9.17) is 0 Å². The molecule has 0 bridgehead atoms. The fraction of sp³-hybridized carbons (Fsp3) is 0.889. The van der Waals surface area contributed by atoms with Gasteiger partial charge in [-0.3, -0.25) is 4.79 Å². The number of carbonyl (C=O) groups is 1. The maximum Gasteiger partial charge on any atom is 0.222 e. The predicted molar refractivity (Wildman–Crippen MR) is 52.8 cm³/mol. The molecular formula is C9H20N2O2. The third kappa shape index (κ3) is 7.74. The third-order valence-electron chi connectivity index (χ3n) is 1.70. The summed E-state index contributed by atoms with van der Waals surface area (Å²) in [6, 6.07) is 0. The van der Waals surface area contributed by atoms with Crippen LogP contribution in [0.1, 0.15) is 20.3 Å². The van der Waals surface area contributed by atoms with E-state index in [-0.39, 0.29) is 16.5 Å². The van der Waals surface area contributed by atoms with Crippen molar-refractivity contribution in [2.75, 3.05) is 27.2 Å². The van der Waals surface area contributed by atoms with Crippen LogP contribution in [0.25, 0.3) is 0 Å². The predicted octanol–water partition coefficient (Wildman–Crippen LogP) is 0.723. The number of hydrogen-bond acceptors (Lipinski definition) is 2. The summed E-state index contributed by atoms with van der Waals surface area (Å²) < 4.78 is -0.294. The summed E-state index contributed by atoms with van der Waals surface area (Å²) in [5.41, 5.74) is 0. The first-order valence-electron chi connectivity index (χ1n) is 4.64. The summed E-state index contributed by atoms with van der Waals surface area (Å²) >= 11 is 0. The van der Waals surface area contributed by atoms with E-state index >= 15 is 0 Å². The molecule has 0 aromatic heterocycles. The van der Waals surface area contributed by atoms with Crippen LogP contribution in [0, 0.1) is 11.1 Å². The molecule has 0 aromatic rings. The number of nitrogens with zero attached hydrogens (tertiary/aromatic N) is 1. The van der Waals surface area contributed by atoms with Gasteiger partial charge in [-0.05, 0) is 0 Å². The van der Waals surface area contributed by atoms with Gasteiger partial charge in [-0.15, -0.1) is 0 Å². The van der Waals surface area contributed by atoms with Crippen molar-refractivity contribution in [1.82, 2.24) is 5.32 Å². The van der Waals surface area contributed by atoms with E-state index in [1.807, 2.05) is 13.8 Å². The Morgan fingerprint density at radius 2 is 2.00 bits per heavy atom. The number of nitrogens with one attached hydrogen (secondary N) is 1. The lowest BCUT2D eigenvalue weighted by Gasteiger charge is -2.33. The van der Waals surface area contributed by atoms with Gasteiger partial charge in [-0.2, -0.15) is 0 Å². The lowest BCUT2D eigenvalue weighted by atomic mass is 10.2. The van der Waals surface area contributed by atoms with Gasteiger partial charge in [0.1, 0.15) is 0 Å². The van der Waals surface area contributed by atoms with Gasteiger partial charge in [0.25, 0.3) is 0 Å². The normalized spacial score (nSPS) is 11.8. The Balaban J connectivity index is 3.42. The number of quaternary nitrogens is 1. The smallest absolute Gasteiger partial charge is 0.222 e. The highest BCUT2D eigenvalue weighted by molar-refractivity contribution is 5.77. The molecule has 0 aromatic carbocycles. The second-order valence-electron chi connectivity index (χ2n) is 4.10. The molecule has 0 unspecified atom stereocenters. The van der Waals surface area contributed by atoms with Crippen LogP contribution in [0.2, 0.25) is 0 Å². The maximum absolute atomic E-state index is 11.1. The molecule has 0 atom stereocenters. The van der Waals surface area contributed by atoms with Crippen LogP contribution in [0.5, 0.6) is 0 Å². The minimum absolute atomic E-state index is 0.0229. The largest absolute Gasteiger partial charge is 0.633 e. The van der Waals surface area contributed by atoms with Crippen molar-refractivity contribution in [2.24, 2.45) is 5.92 Å². The average molecular weight is 188 g/mol. The van der Waals surface area contributed by atoms with Gasteiger partial charge in [0.2, 0.25) is 5.91 Å². The highest BCUT2D eigenvalue weighted by Gasteiger charge is 2.06. The first-order valence-corrected chi connectivity index (χ1v) is 4.64. The van der Waals surface area contributed by atoms with Crippen molar-refractivity contribution < 1.29 is 9.44 Å². The van der Waals surface area contributed by atoms with Crippen LogP contribution in [0.15, 0.2) is 0 Å². The second kappa shape index (κ2) is 5.19. The summed E-state index contributed by atoms with van der Waals surface area (Å²) in [6.45, 7) is 4.84. The van der Waals surface area contributed by atoms with Crippen LogP contribution >= 0.6 is 0 Å². The monoisotopic (exact) mass is 188 g/mol. The van der Waals surface area contributed by atoms with Crippen LogP contribution in [-0.2, 0) is 4.79 Å². The zero-order chi connectivity index (χ0) is 10.5. The molecule has 78 valence electrons. The molecule has 0 heterocycles. The second-order valence-corrected chi connectivity index (χ2v) is 4.10. The van der Waals surface area contributed by atoms with Gasteiger partial charge in [-0.1, -0.05) is 13.8 Å². The Morgan fingerprint density at radius 1 is 1.46 bits per heavy atom. The molecule has 1 N–H and O–H groups in total. The van der Waals surface area contributed by atoms with Gasteiger partial charge < -0.3 is 15.2 Å². The summed E-state index contributed by atoms with van der Waals surface area (Å²) in [6.07, 6.45) is 0.731. The van der Waals surface area contributed by atoms with Crippen molar-refractivity contribution in [3.63, 3.8) is 0 Å². The SMILES string of the molecule is CC(C)C(=O)NCCC[N+](C)(C)[O-]. The van der Waals surface area contributed by atoms with Gasteiger partial charge in [0, 0.05) is 18.9 Å². The Hall–Kier alpha value is -0.610. The average Bonchev–Trinajstić information content (AvgIpc) is 1.95. The first-order chi connectivity index (χ1) is 5.83. The number of hydroxylamine groups is 3. The van der Waals surface area contributed by atoms with Crippen molar-refractivity contribution in [3.05, 3.63) is 5.21 Å². The minimum Gasteiger partial charge on any atom is -0.633 e. The Labute approximate surface area is 80.1 Å². The Kier molecular flexibility index (Phi) is 4.95. The molecule has 1 amide bonds.